The van der Waals surface area contributed by atoms with Gasteiger partial charge in [-0.3, -0.25) is 0 Å². The van der Waals surface area contributed by atoms with Crippen LogP contribution in [0.4, 0.5) is 17.6 Å². The fraction of sp³-hybridized carbons (Fsp3) is 0.308. The van der Waals surface area contributed by atoms with Gasteiger partial charge in [-0.25, -0.2) is 9.37 Å². The van der Waals surface area contributed by atoms with Crippen molar-refractivity contribution in [1.82, 2.24) is 10.3 Å². The molecule has 0 aliphatic rings. The zero-order chi connectivity index (χ0) is 14.6. The molecule has 0 atom stereocenters. The molecule has 0 fully saturated rings. The summed E-state index contributed by atoms with van der Waals surface area (Å²) in [5, 5.41) is 5.79. The number of rotatable bonds is 5. The van der Waals surface area contributed by atoms with E-state index in [1.807, 2.05) is 5.38 Å². The molecule has 2 aromatic rings. The highest BCUT2D eigenvalue weighted by Crippen LogP contribution is 2.30. The van der Waals surface area contributed by atoms with Crippen LogP contribution < -0.4 is 5.32 Å². The summed E-state index contributed by atoms with van der Waals surface area (Å²) >= 11 is 1.52. The quantitative estimate of drug-likeness (QED) is 0.674. The van der Waals surface area contributed by atoms with Crippen LogP contribution in [0.3, 0.4) is 0 Å². The van der Waals surface area contributed by atoms with Crippen LogP contribution in [0, 0.1) is 5.82 Å². The molecule has 0 radical (unpaired) electrons. The third-order valence-corrected chi connectivity index (χ3v) is 3.45. The number of hydrogen-bond donors (Lipinski definition) is 1. The predicted octanol–water partition coefficient (Wildman–Crippen LogP) is 3.63. The van der Waals surface area contributed by atoms with Crippen molar-refractivity contribution in [3.63, 3.8) is 0 Å². The molecule has 2 nitrogen and oxygen atoms in total. The Labute approximate surface area is 117 Å². The standard InChI is InChI=1S/C13H12F4N2S/c14-11-6-9(5-10(7-11)13(15,16)17)8-18-2-1-12-19-3-4-20-12/h3-7,18H,1-2,8H2. The fourth-order valence-electron chi connectivity index (χ4n) is 1.72. The zero-order valence-corrected chi connectivity index (χ0v) is 11.2. The van der Waals surface area contributed by atoms with E-state index in [4.69, 9.17) is 0 Å². The average Bonchev–Trinajstić information content (AvgIpc) is 2.86. The number of benzene rings is 1. The van der Waals surface area contributed by atoms with E-state index in [1.165, 1.54) is 11.3 Å². The first-order valence-electron chi connectivity index (χ1n) is 5.91. The van der Waals surface area contributed by atoms with Crippen molar-refractivity contribution in [3.05, 3.63) is 51.7 Å². The number of nitrogens with one attached hydrogen (secondary N) is 1. The molecule has 2 rings (SSSR count). The molecule has 1 heterocycles. The average molecular weight is 304 g/mol. The summed E-state index contributed by atoms with van der Waals surface area (Å²) in [5.41, 5.74) is -0.689. The molecular weight excluding hydrogens is 292 g/mol. The highest BCUT2D eigenvalue weighted by Gasteiger charge is 2.31. The van der Waals surface area contributed by atoms with Gasteiger partial charge in [0.2, 0.25) is 0 Å². The van der Waals surface area contributed by atoms with Gasteiger partial charge in [0.25, 0.3) is 0 Å². The van der Waals surface area contributed by atoms with E-state index in [0.29, 0.717) is 19.0 Å². The highest BCUT2D eigenvalue weighted by atomic mass is 32.1. The Bertz CT molecular complexity index is 552. The van der Waals surface area contributed by atoms with Gasteiger partial charge >= 0.3 is 6.18 Å². The van der Waals surface area contributed by atoms with Crippen LogP contribution in [0.1, 0.15) is 16.1 Å². The van der Waals surface area contributed by atoms with Crippen LogP contribution in [0.25, 0.3) is 0 Å². The third-order valence-electron chi connectivity index (χ3n) is 2.61. The van der Waals surface area contributed by atoms with E-state index >= 15 is 0 Å². The maximum atomic E-state index is 13.2. The van der Waals surface area contributed by atoms with Crippen LogP contribution >= 0.6 is 11.3 Å². The molecule has 0 amide bonds. The van der Waals surface area contributed by atoms with Gasteiger partial charge in [-0.2, -0.15) is 13.2 Å². The van der Waals surface area contributed by atoms with Crippen molar-refractivity contribution in [1.29, 1.82) is 0 Å². The molecule has 108 valence electrons. The van der Waals surface area contributed by atoms with Crippen molar-refractivity contribution < 1.29 is 17.6 Å². The second-order valence-electron chi connectivity index (χ2n) is 4.20. The number of thiazole rings is 1. The molecule has 0 spiro atoms. The minimum Gasteiger partial charge on any atom is -0.312 e. The summed E-state index contributed by atoms with van der Waals surface area (Å²) in [6.07, 6.45) is -2.14. The fourth-order valence-corrected chi connectivity index (χ4v) is 2.34. The normalized spacial score (nSPS) is 11.8. The minimum absolute atomic E-state index is 0.187. The Balaban J connectivity index is 1.91. The molecule has 1 aromatic carbocycles. The van der Waals surface area contributed by atoms with Crippen molar-refractivity contribution in [2.45, 2.75) is 19.1 Å². The molecule has 0 saturated heterocycles. The first-order chi connectivity index (χ1) is 9.45. The molecular formula is C13H12F4N2S. The first kappa shape index (κ1) is 14.9. The van der Waals surface area contributed by atoms with Crippen LogP contribution in [0.2, 0.25) is 0 Å². The van der Waals surface area contributed by atoms with Crippen molar-refractivity contribution in [2.75, 3.05) is 6.54 Å². The lowest BCUT2D eigenvalue weighted by Gasteiger charge is -2.10. The van der Waals surface area contributed by atoms with Crippen LogP contribution in [0.15, 0.2) is 29.8 Å². The van der Waals surface area contributed by atoms with Crippen molar-refractivity contribution in [2.24, 2.45) is 0 Å². The summed E-state index contributed by atoms with van der Waals surface area (Å²) in [6, 6.07) is 2.56. The summed E-state index contributed by atoms with van der Waals surface area (Å²) < 4.78 is 50.7. The first-order valence-corrected chi connectivity index (χ1v) is 6.79. The Morgan fingerprint density at radius 2 is 2.00 bits per heavy atom. The van der Waals surface area contributed by atoms with E-state index in [0.717, 1.165) is 17.1 Å². The molecule has 7 heteroatoms. The number of halogens is 4. The van der Waals surface area contributed by atoms with E-state index in [2.05, 4.69) is 10.3 Å². The molecule has 0 saturated carbocycles. The van der Waals surface area contributed by atoms with Crippen LogP contribution in [0.5, 0.6) is 0 Å². The van der Waals surface area contributed by atoms with Gasteiger partial charge in [0, 0.05) is 31.1 Å². The van der Waals surface area contributed by atoms with Crippen molar-refractivity contribution >= 4 is 11.3 Å². The lowest BCUT2D eigenvalue weighted by atomic mass is 10.1. The van der Waals surface area contributed by atoms with E-state index in [-0.39, 0.29) is 12.1 Å². The number of alkyl halides is 3. The van der Waals surface area contributed by atoms with Gasteiger partial charge in [0.15, 0.2) is 0 Å². The second kappa shape index (κ2) is 6.32. The topological polar surface area (TPSA) is 24.9 Å². The van der Waals surface area contributed by atoms with Gasteiger partial charge in [0.05, 0.1) is 10.6 Å². The molecule has 0 aliphatic carbocycles. The number of aromatic nitrogens is 1. The van der Waals surface area contributed by atoms with E-state index < -0.39 is 17.6 Å². The lowest BCUT2D eigenvalue weighted by molar-refractivity contribution is -0.137. The maximum absolute atomic E-state index is 13.2. The monoisotopic (exact) mass is 304 g/mol. The molecule has 1 aromatic heterocycles. The smallest absolute Gasteiger partial charge is 0.312 e. The van der Waals surface area contributed by atoms with Crippen LogP contribution in [-0.2, 0) is 19.1 Å². The third kappa shape index (κ3) is 4.28. The van der Waals surface area contributed by atoms with Crippen LogP contribution in [-0.4, -0.2) is 11.5 Å². The SMILES string of the molecule is Fc1cc(CNCCc2nccs2)cc(C(F)(F)F)c1. The Morgan fingerprint density at radius 1 is 1.20 bits per heavy atom. The minimum atomic E-state index is -4.53. The molecule has 0 bridgehead atoms. The molecule has 20 heavy (non-hydrogen) atoms. The van der Waals surface area contributed by atoms with Crippen molar-refractivity contribution in [3.8, 4) is 0 Å². The highest BCUT2D eigenvalue weighted by molar-refractivity contribution is 7.09. The van der Waals surface area contributed by atoms with Gasteiger partial charge < -0.3 is 5.32 Å². The molecule has 0 unspecified atom stereocenters. The Hall–Kier alpha value is -1.47. The Morgan fingerprint density at radius 3 is 2.65 bits per heavy atom. The van der Waals surface area contributed by atoms with E-state index in [9.17, 15) is 17.6 Å². The van der Waals surface area contributed by atoms with Gasteiger partial charge in [-0.05, 0) is 23.8 Å². The summed E-state index contributed by atoms with van der Waals surface area (Å²) in [6.45, 7) is 0.762. The van der Waals surface area contributed by atoms with Gasteiger partial charge in [-0.1, -0.05) is 0 Å². The molecule has 1 N–H and O–H groups in total. The summed E-state index contributed by atoms with van der Waals surface area (Å²) in [5.74, 6) is -0.878. The second-order valence-corrected chi connectivity index (χ2v) is 5.18. The largest absolute Gasteiger partial charge is 0.416 e. The predicted molar refractivity (Wildman–Crippen MR) is 68.9 cm³/mol. The summed E-state index contributed by atoms with van der Waals surface area (Å²) in [7, 11) is 0. The molecule has 0 aliphatic heterocycles. The van der Waals surface area contributed by atoms with E-state index in [1.54, 1.807) is 6.20 Å². The zero-order valence-electron chi connectivity index (χ0n) is 10.4. The number of hydrogen-bond acceptors (Lipinski definition) is 3. The van der Waals surface area contributed by atoms with Gasteiger partial charge in [0.1, 0.15) is 5.82 Å². The van der Waals surface area contributed by atoms with Gasteiger partial charge in [-0.15, -0.1) is 11.3 Å². The number of nitrogens with zero attached hydrogens (tertiary/aromatic N) is 1. The lowest BCUT2D eigenvalue weighted by Crippen LogP contribution is -2.17. The summed E-state index contributed by atoms with van der Waals surface area (Å²) in [4.78, 5) is 4.09. The maximum Gasteiger partial charge on any atom is 0.416 e. The Kier molecular flexibility index (Phi) is 4.72.